The van der Waals surface area contributed by atoms with Gasteiger partial charge < -0.3 is 15.5 Å². The molecule has 0 saturated carbocycles. The molecule has 6 nitrogen and oxygen atoms in total. The van der Waals surface area contributed by atoms with Gasteiger partial charge in [0.1, 0.15) is 11.4 Å². The average molecular weight is 320 g/mol. The Morgan fingerprint density at radius 2 is 2.18 bits per heavy atom. The van der Waals surface area contributed by atoms with Crippen LogP contribution in [0.3, 0.4) is 0 Å². The van der Waals surface area contributed by atoms with E-state index in [2.05, 4.69) is 15.3 Å². The number of carboxylic acids is 1. The molecule has 1 aromatic heterocycles. The van der Waals surface area contributed by atoms with Crippen molar-refractivity contribution in [2.75, 3.05) is 5.32 Å². The summed E-state index contributed by atoms with van der Waals surface area (Å²) in [4.78, 5) is 18.9. The molecular formula is C15H14ClN3O3. The Labute approximate surface area is 131 Å². The van der Waals surface area contributed by atoms with Crippen LogP contribution in [0, 0.1) is 0 Å². The minimum absolute atomic E-state index is 0.0570. The quantitative estimate of drug-likeness (QED) is 0.751. The number of rotatable bonds is 3. The van der Waals surface area contributed by atoms with Gasteiger partial charge >= 0.3 is 5.97 Å². The van der Waals surface area contributed by atoms with Gasteiger partial charge in [0, 0.05) is 12.6 Å². The molecule has 2 aromatic rings. The number of nitrogens with one attached hydrogen (secondary N) is 1. The number of carboxylic acid groups (broad SMARTS) is 1. The summed E-state index contributed by atoms with van der Waals surface area (Å²) in [5, 5.41) is 22.8. The van der Waals surface area contributed by atoms with Gasteiger partial charge in [0.2, 0.25) is 5.28 Å². The van der Waals surface area contributed by atoms with Crippen molar-refractivity contribution in [3.05, 3.63) is 52.4 Å². The minimum Gasteiger partial charge on any atom is -0.477 e. The molecular weight excluding hydrogens is 306 g/mol. The maximum atomic E-state index is 11.3. The molecule has 0 saturated heterocycles. The summed E-state index contributed by atoms with van der Waals surface area (Å²) in [6.45, 7) is 1.70. The standard InChI is InChI=1S/C15H14ClN3O3/c1-15(22)6-8-4-2-3-5-9(8)11(15)18-12-10(13(20)21)7-17-14(16)19-12/h2-5,7,11,22H,6H2,1H3,(H,20,21)(H,17,18,19)/t11-,15?/m0/s1. The van der Waals surface area contributed by atoms with Crippen LogP contribution in [0.15, 0.2) is 30.5 Å². The molecule has 0 fully saturated rings. The number of hydrogen-bond donors (Lipinski definition) is 3. The first-order valence-corrected chi connectivity index (χ1v) is 7.09. The highest BCUT2D eigenvalue weighted by atomic mass is 35.5. The van der Waals surface area contributed by atoms with E-state index in [0.29, 0.717) is 6.42 Å². The Hall–Kier alpha value is -2.18. The molecule has 114 valence electrons. The van der Waals surface area contributed by atoms with E-state index in [1.54, 1.807) is 6.92 Å². The summed E-state index contributed by atoms with van der Waals surface area (Å²) in [6, 6.07) is 7.14. The van der Waals surface area contributed by atoms with Crippen LogP contribution in [0.1, 0.15) is 34.5 Å². The molecule has 0 aliphatic heterocycles. The average Bonchev–Trinajstić information content (AvgIpc) is 2.69. The summed E-state index contributed by atoms with van der Waals surface area (Å²) < 4.78 is 0. The molecule has 0 bridgehead atoms. The molecule has 22 heavy (non-hydrogen) atoms. The van der Waals surface area contributed by atoms with Gasteiger partial charge in [-0.15, -0.1) is 0 Å². The Balaban J connectivity index is 2.03. The van der Waals surface area contributed by atoms with Crippen molar-refractivity contribution in [1.29, 1.82) is 0 Å². The van der Waals surface area contributed by atoms with E-state index >= 15 is 0 Å². The Morgan fingerprint density at radius 3 is 2.91 bits per heavy atom. The number of aromatic carboxylic acids is 1. The van der Waals surface area contributed by atoms with Gasteiger partial charge in [-0.25, -0.2) is 9.78 Å². The lowest BCUT2D eigenvalue weighted by Crippen LogP contribution is -2.35. The Kier molecular flexibility index (Phi) is 3.50. The number of anilines is 1. The van der Waals surface area contributed by atoms with E-state index in [9.17, 15) is 15.0 Å². The van der Waals surface area contributed by atoms with E-state index in [1.165, 1.54) is 0 Å². The zero-order valence-corrected chi connectivity index (χ0v) is 12.5. The maximum Gasteiger partial charge on any atom is 0.341 e. The third-order valence-electron chi connectivity index (χ3n) is 3.81. The summed E-state index contributed by atoms with van der Waals surface area (Å²) in [5.41, 5.74) is 0.779. The summed E-state index contributed by atoms with van der Waals surface area (Å²) in [5.74, 6) is -1.07. The van der Waals surface area contributed by atoms with Crippen LogP contribution in [-0.4, -0.2) is 31.8 Å². The highest BCUT2D eigenvalue weighted by Crippen LogP contribution is 2.41. The largest absolute Gasteiger partial charge is 0.477 e. The van der Waals surface area contributed by atoms with Gasteiger partial charge in [-0.2, -0.15) is 4.98 Å². The number of aliphatic hydroxyl groups is 1. The van der Waals surface area contributed by atoms with Crippen molar-refractivity contribution in [2.45, 2.75) is 25.0 Å². The molecule has 0 radical (unpaired) electrons. The van der Waals surface area contributed by atoms with Gasteiger partial charge in [0.25, 0.3) is 0 Å². The SMILES string of the molecule is CC1(O)Cc2ccccc2[C@@H]1Nc1nc(Cl)ncc1C(=O)O. The van der Waals surface area contributed by atoms with Crippen LogP contribution in [0.4, 0.5) is 5.82 Å². The molecule has 7 heteroatoms. The van der Waals surface area contributed by atoms with E-state index < -0.39 is 17.6 Å². The number of nitrogens with zero attached hydrogens (tertiary/aromatic N) is 2. The third-order valence-corrected chi connectivity index (χ3v) is 3.99. The predicted octanol–water partition coefficient (Wildman–Crippen LogP) is 2.29. The Morgan fingerprint density at radius 1 is 1.45 bits per heavy atom. The van der Waals surface area contributed by atoms with E-state index in [4.69, 9.17) is 11.6 Å². The lowest BCUT2D eigenvalue weighted by molar-refractivity contribution is 0.0512. The second kappa shape index (κ2) is 5.23. The van der Waals surface area contributed by atoms with Crippen LogP contribution in [0.5, 0.6) is 0 Å². The van der Waals surface area contributed by atoms with E-state index in [-0.39, 0.29) is 16.7 Å². The number of fused-ring (bicyclic) bond motifs is 1. The molecule has 1 aliphatic rings. The second-order valence-corrected chi connectivity index (χ2v) is 5.85. The lowest BCUT2D eigenvalue weighted by Gasteiger charge is -2.28. The first-order chi connectivity index (χ1) is 10.4. The number of hydrogen-bond acceptors (Lipinski definition) is 5. The van der Waals surface area contributed by atoms with Gasteiger partial charge in [0.05, 0.1) is 11.6 Å². The molecule has 0 spiro atoms. The molecule has 1 aliphatic carbocycles. The van der Waals surface area contributed by atoms with Crippen molar-refractivity contribution >= 4 is 23.4 Å². The van der Waals surface area contributed by atoms with E-state index in [1.807, 2.05) is 24.3 Å². The fourth-order valence-corrected chi connectivity index (χ4v) is 2.93. The summed E-state index contributed by atoms with van der Waals surface area (Å²) in [7, 11) is 0. The lowest BCUT2D eigenvalue weighted by atomic mass is 9.97. The molecule has 3 rings (SSSR count). The number of halogens is 1. The fraction of sp³-hybridized carbons (Fsp3) is 0.267. The van der Waals surface area contributed by atoms with Crippen molar-refractivity contribution in [1.82, 2.24) is 9.97 Å². The van der Waals surface area contributed by atoms with Gasteiger partial charge in [-0.3, -0.25) is 0 Å². The highest BCUT2D eigenvalue weighted by molar-refractivity contribution is 6.28. The first-order valence-electron chi connectivity index (χ1n) is 6.71. The van der Waals surface area contributed by atoms with Crippen molar-refractivity contribution in [3.8, 4) is 0 Å². The van der Waals surface area contributed by atoms with Crippen molar-refractivity contribution in [3.63, 3.8) is 0 Å². The van der Waals surface area contributed by atoms with Crippen LogP contribution >= 0.6 is 11.6 Å². The van der Waals surface area contributed by atoms with Gasteiger partial charge in [-0.05, 0) is 29.7 Å². The highest BCUT2D eigenvalue weighted by Gasteiger charge is 2.41. The van der Waals surface area contributed by atoms with Crippen LogP contribution in [0.25, 0.3) is 0 Å². The van der Waals surface area contributed by atoms with Crippen molar-refractivity contribution in [2.24, 2.45) is 0 Å². The maximum absolute atomic E-state index is 11.3. The first kappa shape index (κ1) is 14.7. The zero-order chi connectivity index (χ0) is 15.9. The Bertz CT molecular complexity index is 749. The molecule has 1 aromatic carbocycles. The van der Waals surface area contributed by atoms with Gasteiger partial charge in [0.15, 0.2) is 0 Å². The topological polar surface area (TPSA) is 95.3 Å². The third kappa shape index (κ3) is 2.51. The molecule has 1 unspecified atom stereocenters. The number of aromatic nitrogens is 2. The van der Waals surface area contributed by atoms with Gasteiger partial charge in [-0.1, -0.05) is 24.3 Å². The second-order valence-electron chi connectivity index (χ2n) is 5.52. The predicted molar refractivity (Wildman–Crippen MR) is 81.1 cm³/mol. The minimum atomic E-state index is -1.16. The monoisotopic (exact) mass is 319 g/mol. The zero-order valence-electron chi connectivity index (χ0n) is 11.7. The van der Waals surface area contributed by atoms with Crippen LogP contribution < -0.4 is 5.32 Å². The number of benzene rings is 1. The molecule has 0 amide bonds. The van der Waals surface area contributed by atoms with Crippen molar-refractivity contribution < 1.29 is 15.0 Å². The fourth-order valence-electron chi connectivity index (χ4n) is 2.80. The summed E-state index contributed by atoms with van der Waals surface area (Å²) >= 11 is 5.76. The van der Waals surface area contributed by atoms with Crippen LogP contribution in [0.2, 0.25) is 5.28 Å². The number of carbonyl (C=O) groups is 1. The summed E-state index contributed by atoms with van der Waals surface area (Å²) in [6.07, 6.45) is 1.62. The molecule has 2 atom stereocenters. The molecule has 1 heterocycles. The normalized spacial score (nSPS) is 23.1. The molecule has 3 N–H and O–H groups in total. The smallest absolute Gasteiger partial charge is 0.341 e. The van der Waals surface area contributed by atoms with E-state index in [0.717, 1.165) is 17.3 Å². The van der Waals surface area contributed by atoms with Crippen LogP contribution in [-0.2, 0) is 6.42 Å².